The van der Waals surface area contributed by atoms with Gasteiger partial charge in [0.25, 0.3) is 0 Å². The molecule has 1 rings (SSSR count). The van der Waals surface area contributed by atoms with Gasteiger partial charge in [-0.25, -0.2) is 8.42 Å². The first kappa shape index (κ1) is 24.6. The Morgan fingerprint density at radius 2 is 1.54 bits per heavy atom. The Kier molecular flexibility index (Phi) is 11.3. The van der Waals surface area contributed by atoms with Gasteiger partial charge in [0, 0.05) is 7.11 Å². The molecule has 0 saturated carbocycles. The normalized spacial score (nSPS) is 12.9. The Hall–Kier alpha value is -1.48. The molecule has 160 valence electrons. The molecule has 1 atom stereocenters. The summed E-state index contributed by atoms with van der Waals surface area (Å²) in [4.78, 5) is 12.3. The monoisotopic (exact) mass is 415 g/mol. The molecule has 28 heavy (non-hydrogen) atoms. The third kappa shape index (κ3) is 10.2. The lowest BCUT2D eigenvalue weighted by molar-refractivity contribution is -0.120. The van der Waals surface area contributed by atoms with Crippen molar-refractivity contribution in [3.05, 3.63) is 35.4 Å². The zero-order valence-corrected chi connectivity index (χ0v) is 18.1. The molecule has 0 aliphatic heterocycles. The Balaban J connectivity index is 2.38. The molecular formula is C20H33NO6S. The molecule has 1 N–H and O–H groups in total. The highest BCUT2D eigenvalue weighted by Gasteiger charge is 2.21. The van der Waals surface area contributed by atoms with E-state index >= 15 is 0 Å². The summed E-state index contributed by atoms with van der Waals surface area (Å²) < 4.78 is 41.5. The highest BCUT2D eigenvalue weighted by Crippen LogP contribution is 2.18. The molecule has 1 aromatic carbocycles. The second-order valence-corrected chi connectivity index (χ2v) is 8.91. The van der Waals surface area contributed by atoms with Gasteiger partial charge in [0.15, 0.2) is 0 Å². The van der Waals surface area contributed by atoms with Crippen molar-refractivity contribution in [2.24, 2.45) is 5.92 Å². The van der Waals surface area contributed by atoms with E-state index in [-0.39, 0.29) is 19.0 Å². The first-order chi connectivity index (χ1) is 13.2. The summed E-state index contributed by atoms with van der Waals surface area (Å²) in [6.45, 7) is 7.58. The Bertz CT molecular complexity index is 672. The van der Waals surface area contributed by atoms with E-state index in [1.165, 1.54) is 5.56 Å². The maximum Gasteiger partial charge on any atom is 0.240 e. The largest absolute Gasteiger partial charge is 0.382 e. The molecule has 0 spiro atoms. The summed E-state index contributed by atoms with van der Waals surface area (Å²) in [5.74, 6) is -0.829. The summed E-state index contributed by atoms with van der Waals surface area (Å²) in [5.41, 5.74) is 1.98. The van der Waals surface area contributed by atoms with Crippen LogP contribution in [0.4, 0.5) is 0 Å². The van der Waals surface area contributed by atoms with Gasteiger partial charge in [-0.3, -0.25) is 9.52 Å². The van der Waals surface area contributed by atoms with Crippen molar-refractivity contribution in [3.63, 3.8) is 0 Å². The first-order valence-electron chi connectivity index (χ1n) is 9.52. The summed E-state index contributed by atoms with van der Waals surface area (Å²) in [6, 6.07) is 7.72. The van der Waals surface area contributed by atoms with Gasteiger partial charge in [0.1, 0.15) is 0 Å². The maximum absolute atomic E-state index is 12.3. The zero-order chi connectivity index (χ0) is 21.0. The van der Waals surface area contributed by atoms with E-state index in [1.807, 2.05) is 24.3 Å². The molecule has 0 aromatic heterocycles. The van der Waals surface area contributed by atoms with Gasteiger partial charge in [-0.05, 0) is 30.4 Å². The van der Waals surface area contributed by atoms with E-state index in [1.54, 1.807) is 14.0 Å². The highest BCUT2D eigenvalue weighted by atomic mass is 32.2. The van der Waals surface area contributed by atoms with Crippen LogP contribution in [0.3, 0.4) is 0 Å². The lowest BCUT2D eigenvalue weighted by atomic mass is 9.96. The Morgan fingerprint density at radius 1 is 0.964 bits per heavy atom. The molecular weight excluding hydrogens is 382 g/mol. The van der Waals surface area contributed by atoms with Crippen LogP contribution in [0.25, 0.3) is 0 Å². The van der Waals surface area contributed by atoms with Gasteiger partial charge in [-0.1, -0.05) is 38.1 Å². The standard InChI is InChI=1S/C20H33NO6S/c1-16(2)15-18-5-7-19(8-6-18)17(3)20(22)21-28(23,24)14-13-27-12-11-26-10-9-25-4/h5-8,16-17H,9-15H2,1-4H3,(H,21,22)/t17-/m1/s1. The van der Waals surface area contributed by atoms with Gasteiger partial charge >= 0.3 is 0 Å². The van der Waals surface area contributed by atoms with E-state index in [0.717, 1.165) is 12.0 Å². The van der Waals surface area contributed by atoms with Gasteiger partial charge in [-0.2, -0.15) is 0 Å². The summed E-state index contributed by atoms with van der Waals surface area (Å²) in [7, 11) is -2.16. The Labute approximate surface area is 168 Å². The fourth-order valence-corrected chi connectivity index (χ4v) is 3.41. The van der Waals surface area contributed by atoms with Crippen LogP contribution in [0.5, 0.6) is 0 Å². The van der Waals surface area contributed by atoms with Gasteiger partial charge in [0.2, 0.25) is 15.9 Å². The highest BCUT2D eigenvalue weighted by molar-refractivity contribution is 7.90. The van der Waals surface area contributed by atoms with E-state index in [2.05, 4.69) is 18.6 Å². The minimum atomic E-state index is -3.74. The van der Waals surface area contributed by atoms with E-state index < -0.39 is 21.8 Å². The molecule has 0 radical (unpaired) electrons. The zero-order valence-electron chi connectivity index (χ0n) is 17.3. The maximum atomic E-state index is 12.3. The fourth-order valence-electron chi connectivity index (χ4n) is 2.49. The molecule has 0 aliphatic carbocycles. The van der Waals surface area contributed by atoms with Crippen LogP contribution in [0.2, 0.25) is 0 Å². The van der Waals surface area contributed by atoms with E-state index in [9.17, 15) is 13.2 Å². The van der Waals surface area contributed by atoms with Crippen LogP contribution < -0.4 is 4.72 Å². The number of benzene rings is 1. The number of carbonyl (C=O) groups is 1. The van der Waals surface area contributed by atoms with Crippen LogP contribution in [-0.2, 0) is 35.4 Å². The third-order valence-corrected chi connectivity index (χ3v) is 5.29. The molecule has 0 saturated heterocycles. The predicted molar refractivity (Wildman–Crippen MR) is 109 cm³/mol. The second-order valence-electron chi connectivity index (χ2n) is 7.06. The number of amides is 1. The van der Waals surface area contributed by atoms with Crippen LogP contribution in [0, 0.1) is 5.92 Å². The minimum Gasteiger partial charge on any atom is -0.382 e. The number of nitrogens with one attached hydrogen (secondary N) is 1. The molecule has 1 amide bonds. The number of carbonyl (C=O) groups excluding carboxylic acids is 1. The van der Waals surface area contributed by atoms with Crippen molar-refractivity contribution in [2.75, 3.05) is 45.9 Å². The average Bonchev–Trinajstić information content (AvgIpc) is 2.63. The fraction of sp³-hybridized carbons (Fsp3) is 0.650. The molecule has 0 unspecified atom stereocenters. The number of methoxy groups -OCH3 is 1. The number of rotatable bonds is 14. The SMILES string of the molecule is COCCOCCOCCS(=O)(=O)NC(=O)[C@H](C)c1ccc(CC(C)C)cc1. The third-order valence-electron chi connectivity index (χ3n) is 4.07. The van der Waals surface area contributed by atoms with E-state index in [4.69, 9.17) is 14.2 Å². The molecule has 0 heterocycles. The predicted octanol–water partition coefficient (Wildman–Crippen LogP) is 2.11. The lowest BCUT2D eigenvalue weighted by Gasteiger charge is -2.14. The summed E-state index contributed by atoms with van der Waals surface area (Å²) in [5, 5.41) is 0. The number of hydrogen-bond acceptors (Lipinski definition) is 6. The second kappa shape index (κ2) is 12.9. The topological polar surface area (TPSA) is 90.9 Å². The smallest absolute Gasteiger partial charge is 0.240 e. The van der Waals surface area contributed by atoms with Crippen molar-refractivity contribution < 1.29 is 27.4 Å². The number of ether oxygens (including phenoxy) is 3. The van der Waals surface area contributed by atoms with Crippen molar-refractivity contribution in [2.45, 2.75) is 33.1 Å². The average molecular weight is 416 g/mol. The van der Waals surface area contributed by atoms with Crippen LogP contribution >= 0.6 is 0 Å². The van der Waals surface area contributed by atoms with Crippen molar-refractivity contribution in [1.29, 1.82) is 0 Å². The quantitative estimate of drug-likeness (QED) is 0.468. The van der Waals surface area contributed by atoms with E-state index in [0.29, 0.717) is 25.7 Å². The molecule has 0 bridgehead atoms. The first-order valence-corrected chi connectivity index (χ1v) is 11.2. The van der Waals surface area contributed by atoms with Gasteiger partial charge in [-0.15, -0.1) is 0 Å². The minimum absolute atomic E-state index is 0.00543. The van der Waals surface area contributed by atoms with Gasteiger partial charge < -0.3 is 14.2 Å². The summed E-state index contributed by atoms with van der Waals surface area (Å²) >= 11 is 0. The molecule has 1 aromatic rings. The lowest BCUT2D eigenvalue weighted by Crippen LogP contribution is -2.36. The molecule has 8 heteroatoms. The van der Waals surface area contributed by atoms with Gasteiger partial charge in [0.05, 0.1) is 44.7 Å². The molecule has 0 aliphatic rings. The molecule has 0 fully saturated rings. The number of hydrogen-bond donors (Lipinski definition) is 1. The molecule has 7 nitrogen and oxygen atoms in total. The van der Waals surface area contributed by atoms with Crippen LogP contribution in [0.15, 0.2) is 24.3 Å². The van der Waals surface area contributed by atoms with Crippen molar-refractivity contribution in [3.8, 4) is 0 Å². The Morgan fingerprint density at radius 3 is 2.11 bits per heavy atom. The van der Waals surface area contributed by atoms with Crippen molar-refractivity contribution in [1.82, 2.24) is 4.72 Å². The van der Waals surface area contributed by atoms with Crippen LogP contribution in [0.1, 0.15) is 37.8 Å². The summed E-state index contributed by atoms with van der Waals surface area (Å²) in [6.07, 6.45) is 0.965. The number of sulfonamides is 1. The van der Waals surface area contributed by atoms with Crippen molar-refractivity contribution >= 4 is 15.9 Å². The van der Waals surface area contributed by atoms with Crippen LogP contribution in [-0.4, -0.2) is 60.2 Å².